The molecule has 0 aliphatic rings. The molecule has 0 fully saturated rings. The van der Waals surface area contributed by atoms with E-state index in [9.17, 15) is 13.2 Å². The summed E-state index contributed by atoms with van der Waals surface area (Å²) >= 11 is 0. The van der Waals surface area contributed by atoms with Gasteiger partial charge in [-0.05, 0) is 18.1 Å². The van der Waals surface area contributed by atoms with Crippen LogP contribution in [0.2, 0.25) is 0 Å². The molecule has 1 aromatic rings. The lowest BCUT2D eigenvalue weighted by Crippen LogP contribution is -2.09. The van der Waals surface area contributed by atoms with Crippen molar-refractivity contribution < 1.29 is 23.4 Å². The van der Waals surface area contributed by atoms with Gasteiger partial charge in [0.1, 0.15) is 0 Å². The van der Waals surface area contributed by atoms with Crippen LogP contribution in [0.1, 0.15) is 16.8 Å². The molecule has 0 spiro atoms. The van der Waals surface area contributed by atoms with Crippen molar-refractivity contribution in [1.82, 2.24) is 4.98 Å². The molecular weight excluding hydrogens is 211 g/mol. The van der Waals surface area contributed by atoms with E-state index in [1.807, 2.05) is 0 Å². The van der Waals surface area contributed by atoms with E-state index in [-0.39, 0.29) is 24.3 Å². The molecule has 0 aliphatic carbocycles. The minimum atomic E-state index is -4.45. The van der Waals surface area contributed by atoms with Crippen molar-refractivity contribution in [3.8, 4) is 0 Å². The smallest absolute Gasteiger partial charge is 0.396 e. The first-order chi connectivity index (χ1) is 6.99. The quantitative estimate of drug-likeness (QED) is 0.804. The van der Waals surface area contributed by atoms with Crippen molar-refractivity contribution in [1.29, 1.82) is 0 Å². The van der Waals surface area contributed by atoms with Gasteiger partial charge in [0.2, 0.25) is 0 Å². The molecule has 0 saturated heterocycles. The molecule has 15 heavy (non-hydrogen) atoms. The molecule has 0 atom stereocenters. The minimum absolute atomic E-state index is 0.0484. The largest absolute Gasteiger partial charge is 0.417 e. The summed E-state index contributed by atoms with van der Waals surface area (Å²) in [6.45, 7) is -0.719. The highest BCUT2D eigenvalue weighted by Crippen LogP contribution is 2.29. The van der Waals surface area contributed by atoms with E-state index in [0.717, 1.165) is 6.07 Å². The normalized spacial score (nSPS) is 11.8. The number of aliphatic hydroxyl groups excluding tert-OH is 2. The Morgan fingerprint density at radius 2 is 1.93 bits per heavy atom. The molecule has 1 aromatic heterocycles. The van der Waals surface area contributed by atoms with Crippen molar-refractivity contribution >= 4 is 0 Å². The van der Waals surface area contributed by atoms with Crippen LogP contribution in [0.15, 0.2) is 12.3 Å². The molecule has 1 heterocycles. The van der Waals surface area contributed by atoms with Crippen LogP contribution in [0.25, 0.3) is 0 Å². The number of hydrogen-bond acceptors (Lipinski definition) is 3. The van der Waals surface area contributed by atoms with Crippen molar-refractivity contribution in [3.63, 3.8) is 0 Å². The van der Waals surface area contributed by atoms with Crippen LogP contribution in [0.3, 0.4) is 0 Å². The molecule has 0 bridgehead atoms. The van der Waals surface area contributed by atoms with Crippen LogP contribution >= 0.6 is 0 Å². The molecule has 6 heteroatoms. The Morgan fingerprint density at radius 3 is 2.40 bits per heavy atom. The van der Waals surface area contributed by atoms with E-state index < -0.39 is 18.3 Å². The summed E-state index contributed by atoms with van der Waals surface area (Å²) < 4.78 is 36.8. The third-order valence-electron chi connectivity index (χ3n) is 1.92. The van der Waals surface area contributed by atoms with E-state index in [4.69, 9.17) is 10.2 Å². The van der Waals surface area contributed by atoms with Gasteiger partial charge in [-0.25, -0.2) is 0 Å². The summed E-state index contributed by atoms with van der Waals surface area (Å²) in [5.74, 6) is 0. The van der Waals surface area contributed by atoms with Gasteiger partial charge in [0.05, 0.1) is 17.9 Å². The Hall–Kier alpha value is -1.14. The van der Waals surface area contributed by atoms with Crippen molar-refractivity contribution in [2.75, 3.05) is 6.61 Å². The fraction of sp³-hybridized carbons (Fsp3) is 0.444. The predicted octanol–water partition coefficient (Wildman–Crippen LogP) is 1.13. The molecule has 0 aliphatic heterocycles. The average Bonchev–Trinajstić information content (AvgIpc) is 2.17. The van der Waals surface area contributed by atoms with Crippen LogP contribution in [0, 0.1) is 0 Å². The minimum Gasteiger partial charge on any atom is -0.396 e. The van der Waals surface area contributed by atoms with Crippen LogP contribution in [-0.4, -0.2) is 21.8 Å². The second-order valence-electron chi connectivity index (χ2n) is 2.96. The summed E-state index contributed by atoms with van der Waals surface area (Å²) in [6.07, 6.45) is -3.73. The zero-order valence-electron chi connectivity index (χ0n) is 7.75. The highest BCUT2D eigenvalue weighted by Gasteiger charge is 2.31. The van der Waals surface area contributed by atoms with Gasteiger partial charge >= 0.3 is 6.18 Å². The van der Waals surface area contributed by atoms with Gasteiger partial charge in [0, 0.05) is 12.8 Å². The molecule has 0 aromatic carbocycles. The van der Waals surface area contributed by atoms with Crippen LogP contribution in [-0.2, 0) is 19.2 Å². The van der Waals surface area contributed by atoms with Gasteiger partial charge in [-0.1, -0.05) is 0 Å². The van der Waals surface area contributed by atoms with Gasteiger partial charge in [0.25, 0.3) is 0 Å². The molecule has 0 amide bonds. The maximum atomic E-state index is 12.3. The first-order valence-corrected chi connectivity index (χ1v) is 4.25. The molecule has 84 valence electrons. The fourth-order valence-corrected chi connectivity index (χ4v) is 1.17. The molecule has 0 radical (unpaired) electrons. The fourth-order valence-electron chi connectivity index (χ4n) is 1.17. The Bertz CT molecular complexity index is 339. The summed E-state index contributed by atoms with van der Waals surface area (Å²) in [5, 5.41) is 17.5. The van der Waals surface area contributed by atoms with Crippen molar-refractivity contribution in [3.05, 3.63) is 29.1 Å². The number of aromatic nitrogens is 1. The van der Waals surface area contributed by atoms with Gasteiger partial charge in [0.15, 0.2) is 0 Å². The number of halogens is 3. The summed E-state index contributed by atoms with van der Waals surface area (Å²) in [6, 6.07) is 0.898. The Labute approximate surface area is 84.2 Å². The van der Waals surface area contributed by atoms with Crippen molar-refractivity contribution in [2.24, 2.45) is 0 Å². The highest BCUT2D eigenvalue weighted by molar-refractivity contribution is 5.27. The monoisotopic (exact) mass is 221 g/mol. The average molecular weight is 221 g/mol. The van der Waals surface area contributed by atoms with Gasteiger partial charge in [-0.3, -0.25) is 4.98 Å². The van der Waals surface area contributed by atoms with Gasteiger partial charge < -0.3 is 10.2 Å². The third kappa shape index (κ3) is 2.90. The van der Waals surface area contributed by atoms with Crippen LogP contribution in [0.5, 0.6) is 0 Å². The zero-order valence-corrected chi connectivity index (χ0v) is 7.75. The Morgan fingerprint density at radius 1 is 1.27 bits per heavy atom. The second-order valence-corrected chi connectivity index (χ2v) is 2.96. The number of hydrogen-bond donors (Lipinski definition) is 2. The molecule has 1 rings (SSSR count). The lowest BCUT2D eigenvalue weighted by molar-refractivity contribution is -0.137. The summed E-state index contributed by atoms with van der Waals surface area (Å²) in [4.78, 5) is 3.50. The van der Waals surface area contributed by atoms with E-state index in [1.165, 1.54) is 0 Å². The standard InChI is InChI=1S/C9H10F3NO2/c10-9(11,12)7-3-6(1-2-14)8(5-15)13-4-7/h3-4,14-15H,1-2,5H2. The lowest BCUT2D eigenvalue weighted by atomic mass is 10.1. The zero-order chi connectivity index (χ0) is 11.5. The predicted molar refractivity (Wildman–Crippen MR) is 46.0 cm³/mol. The topological polar surface area (TPSA) is 53.4 Å². The SMILES string of the molecule is OCCc1cc(C(F)(F)F)cnc1CO. The summed E-state index contributed by atoms with van der Waals surface area (Å²) in [5.41, 5.74) is -0.491. The van der Waals surface area contributed by atoms with E-state index in [2.05, 4.69) is 4.98 Å². The Balaban J connectivity index is 3.10. The van der Waals surface area contributed by atoms with Gasteiger partial charge in [-0.15, -0.1) is 0 Å². The number of nitrogens with zero attached hydrogens (tertiary/aromatic N) is 1. The van der Waals surface area contributed by atoms with Crippen molar-refractivity contribution in [2.45, 2.75) is 19.2 Å². The molecule has 0 saturated carbocycles. The van der Waals surface area contributed by atoms with E-state index in [1.54, 1.807) is 0 Å². The number of pyridine rings is 1. The van der Waals surface area contributed by atoms with Crippen LogP contribution < -0.4 is 0 Å². The second kappa shape index (κ2) is 4.59. The maximum Gasteiger partial charge on any atom is 0.417 e. The van der Waals surface area contributed by atoms with E-state index in [0.29, 0.717) is 6.20 Å². The van der Waals surface area contributed by atoms with E-state index >= 15 is 0 Å². The molecule has 0 unspecified atom stereocenters. The molecule has 2 N–H and O–H groups in total. The first-order valence-electron chi connectivity index (χ1n) is 4.25. The molecule has 3 nitrogen and oxygen atoms in total. The Kier molecular flexibility index (Phi) is 3.65. The van der Waals surface area contributed by atoms with Gasteiger partial charge in [-0.2, -0.15) is 13.2 Å². The highest BCUT2D eigenvalue weighted by atomic mass is 19.4. The first kappa shape index (κ1) is 11.9. The number of rotatable bonds is 3. The molecular formula is C9H10F3NO2. The summed E-state index contributed by atoms with van der Waals surface area (Å²) in [7, 11) is 0. The lowest BCUT2D eigenvalue weighted by Gasteiger charge is -2.10. The third-order valence-corrected chi connectivity index (χ3v) is 1.92. The number of aliphatic hydroxyl groups is 2. The van der Waals surface area contributed by atoms with Crippen LogP contribution in [0.4, 0.5) is 13.2 Å². The maximum absolute atomic E-state index is 12.3. The number of alkyl halides is 3.